The van der Waals surface area contributed by atoms with Gasteiger partial charge in [0, 0.05) is 5.56 Å². The summed E-state index contributed by atoms with van der Waals surface area (Å²) in [5.41, 5.74) is 6.35. The molecule has 0 bridgehead atoms. The molecule has 1 aromatic carbocycles. The summed E-state index contributed by atoms with van der Waals surface area (Å²) in [7, 11) is 0. The van der Waals surface area contributed by atoms with Crippen molar-refractivity contribution in [1.82, 2.24) is 15.2 Å². The van der Waals surface area contributed by atoms with Gasteiger partial charge in [0.2, 0.25) is 5.95 Å². The lowest BCUT2D eigenvalue weighted by atomic mass is 10.2. The maximum atomic E-state index is 8.36. The highest BCUT2D eigenvalue weighted by Crippen LogP contribution is 2.13. The van der Waals surface area contributed by atoms with Crippen molar-refractivity contribution in [3.63, 3.8) is 0 Å². The van der Waals surface area contributed by atoms with Crippen molar-refractivity contribution < 1.29 is 10.3 Å². The van der Waals surface area contributed by atoms with E-state index in [-0.39, 0.29) is 5.95 Å². The summed E-state index contributed by atoms with van der Waals surface area (Å²) in [5, 5.41) is 20.1. The van der Waals surface area contributed by atoms with E-state index < -0.39 is 5.09 Å². The Morgan fingerprint density at radius 1 is 1.38 bits per heavy atom. The van der Waals surface area contributed by atoms with E-state index in [0.29, 0.717) is 5.82 Å². The molecule has 8 nitrogen and oxygen atoms in total. The van der Waals surface area contributed by atoms with E-state index in [4.69, 9.17) is 21.1 Å². The number of nitrogens with one attached hydrogen (secondary N) is 1. The predicted octanol–water partition coefficient (Wildman–Crippen LogP) is 0.706. The van der Waals surface area contributed by atoms with Crippen LogP contribution >= 0.6 is 0 Å². The van der Waals surface area contributed by atoms with Gasteiger partial charge in [-0.3, -0.25) is 5.10 Å². The van der Waals surface area contributed by atoms with Gasteiger partial charge in [0.05, 0.1) is 0 Å². The molecule has 1 heterocycles. The maximum Gasteiger partial charge on any atom is 0.291 e. The average molecular weight is 223 g/mol. The number of hydrogen-bond donors (Lipinski definition) is 3. The minimum absolute atomic E-state index is 0.272. The van der Waals surface area contributed by atoms with Crippen LogP contribution in [0.25, 0.3) is 11.4 Å². The van der Waals surface area contributed by atoms with Gasteiger partial charge in [-0.2, -0.15) is 4.98 Å². The van der Waals surface area contributed by atoms with E-state index in [9.17, 15) is 0 Å². The van der Waals surface area contributed by atoms with Crippen LogP contribution in [-0.2, 0) is 0 Å². The summed E-state index contributed by atoms with van der Waals surface area (Å²) in [6.45, 7) is 0. The van der Waals surface area contributed by atoms with Gasteiger partial charge >= 0.3 is 0 Å². The quantitative estimate of drug-likeness (QED) is 0.481. The summed E-state index contributed by atoms with van der Waals surface area (Å²) in [5.74, 6) is 0.974. The van der Waals surface area contributed by atoms with Gasteiger partial charge in [-0.05, 0) is 0 Å². The molecule has 1 aromatic heterocycles. The Morgan fingerprint density at radius 2 is 1.94 bits per heavy atom. The molecule has 84 valence electrons. The zero-order chi connectivity index (χ0) is 12.0. The van der Waals surface area contributed by atoms with Gasteiger partial charge in [-0.15, -0.1) is 15.2 Å². The highest BCUT2D eigenvalue weighted by molar-refractivity contribution is 5.55. The SMILES string of the molecule is Nc1n[nH]c(-c2ccccc2)n1.O=[N+]([O-])O. The molecule has 0 aliphatic rings. The van der Waals surface area contributed by atoms with Gasteiger partial charge in [-0.25, -0.2) is 0 Å². The van der Waals surface area contributed by atoms with Crippen LogP contribution < -0.4 is 5.73 Å². The molecule has 0 saturated carbocycles. The fourth-order valence-electron chi connectivity index (χ4n) is 1.000. The van der Waals surface area contributed by atoms with Crippen molar-refractivity contribution in [3.8, 4) is 11.4 Å². The number of nitrogens with two attached hydrogens (primary N) is 1. The van der Waals surface area contributed by atoms with Crippen LogP contribution in [0.3, 0.4) is 0 Å². The summed E-state index contributed by atoms with van der Waals surface area (Å²) < 4.78 is 0. The number of aromatic nitrogens is 3. The second kappa shape index (κ2) is 5.29. The van der Waals surface area contributed by atoms with Gasteiger partial charge < -0.3 is 10.9 Å². The van der Waals surface area contributed by atoms with Crippen LogP contribution in [0.5, 0.6) is 0 Å². The van der Waals surface area contributed by atoms with Crippen LogP contribution in [0.15, 0.2) is 30.3 Å². The van der Waals surface area contributed by atoms with Crippen LogP contribution in [0.2, 0.25) is 0 Å². The Bertz CT molecular complexity index is 452. The number of anilines is 1. The monoisotopic (exact) mass is 223 g/mol. The average Bonchev–Trinajstić information content (AvgIpc) is 2.65. The van der Waals surface area contributed by atoms with Crippen molar-refractivity contribution in [2.24, 2.45) is 0 Å². The number of nitrogens with zero attached hydrogens (tertiary/aromatic N) is 3. The Morgan fingerprint density at radius 3 is 2.38 bits per heavy atom. The summed E-state index contributed by atoms with van der Waals surface area (Å²) in [6, 6.07) is 9.71. The van der Waals surface area contributed by atoms with E-state index in [1.54, 1.807) is 0 Å². The van der Waals surface area contributed by atoms with E-state index in [2.05, 4.69) is 15.2 Å². The van der Waals surface area contributed by atoms with Gasteiger partial charge in [0.25, 0.3) is 5.09 Å². The maximum absolute atomic E-state index is 8.36. The molecule has 0 saturated heterocycles. The molecule has 0 atom stereocenters. The highest BCUT2D eigenvalue weighted by atomic mass is 16.9. The second-order valence-electron chi connectivity index (χ2n) is 2.65. The largest absolute Gasteiger partial charge is 0.366 e. The number of benzene rings is 1. The van der Waals surface area contributed by atoms with Crippen LogP contribution in [0, 0.1) is 10.1 Å². The third-order valence-electron chi connectivity index (χ3n) is 1.55. The molecule has 0 aliphatic heterocycles. The first-order valence-corrected chi connectivity index (χ1v) is 4.16. The minimum Gasteiger partial charge on any atom is -0.366 e. The predicted molar refractivity (Wildman–Crippen MR) is 55.0 cm³/mol. The van der Waals surface area contributed by atoms with Crippen molar-refractivity contribution in [3.05, 3.63) is 40.4 Å². The molecule has 0 unspecified atom stereocenters. The molecule has 0 radical (unpaired) electrons. The van der Waals surface area contributed by atoms with Crippen molar-refractivity contribution >= 4 is 5.95 Å². The molecule has 0 fully saturated rings. The molecule has 0 amide bonds. The summed E-state index contributed by atoms with van der Waals surface area (Å²) >= 11 is 0. The second-order valence-corrected chi connectivity index (χ2v) is 2.65. The number of nitrogen functional groups attached to an aromatic ring is 1. The summed E-state index contributed by atoms with van der Waals surface area (Å²) in [6.07, 6.45) is 0. The molecule has 0 spiro atoms. The Hall–Kier alpha value is -2.64. The van der Waals surface area contributed by atoms with Gasteiger partial charge in [-0.1, -0.05) is 30.3 Å². The first-order chi connectivity index (χ1) is 7.59. The molecule has 4 N–H and O–H groups in total. The molecule has 2 aromatic rings. The lowest BCUT2D eigenvalue weighted by Crippen LogP contribution is -1.85. The molecular weight excluding hydrogens is 214 g/mol. The standard InChI is InChI=1S/C8H8N4.HNO3/c9-8-10-7(11-12-8)6-4-2-1-3-5-6;2-1(3)4/h1-5H,(H3,9,10,11,12);(H,2,3,4). The molecule has 16 heavy (non-hydrogen) atoms. The fourth-order valence-corrected chi connectivity index (χ4v) is 1.000. The molecule has 8 heteroatoms. The third kappa shape index (κ3) is 3.62. The van der Waals surface area contributed by atoms with Crippen molar-refractivity contribution in [2.45, 2.75) is 0 Å². The van der Waals surface area contributed by atoms with Crippen LogP contribution in [-0.4, -0.2) is 25.5 Å². The Kier molecular flexibility index (Phi) is 3.78. The topological polar surface area (TPSA) is 131 Å². The normalized spacial score (nSPS) is 9.00. The third-order valence-corrected chi connectivity index (χ3v) is 1.55. The molecular formula is C8H9N5O3. The minimum atomic E-state index is -1.50. The van der Waals surface area contributed by atoms with Crippen LogP contribution in [0.1, 0.15) is 0 Å². The first-order valence-electron chi connectivity index (χ1n) is 4.16. The number of rotatable bonds is 1. The smallest absolute Gasteiger partial charge is 0.291 e. The van der Waals surface area contributed by atoms with E-state index in [0.717, 1.165) is 5.56 Å². The lowest BCUT2D eigenvalue weighted by Gasteiger charge is -1.91. The molecule has 0 aliphatic carbocycles. The van der Waals surface area contributed by atoms with Crippen molar-refractivity contribution in [2.75, 3.05) is 5.73 Å². The Balaban J connectivity index is 0.000000280. The lowest BCUT2D eigenvalue weighted by molar-refractivity contribution is -0.742. The Labute approximate surface area is 89.9 Å². The number of hydrogen-bond acceptors (Lipinski definition) is 5. The number of H-pyrrole nitrogens is 1. The highest BCUT2D eigenvalue weighted by Gasteiger charge is 2.00. The van der Waals surface area contributed by atoms with Crippen molar-refractivity contribution in [1.29, 1.82) is 0 Å². The molecule has 2 rings (SSSR count). The van der Waals surface area contributed by atoms with E-state index in [1.165, 1.54) is 0 Å². The zero-order valence-electron chi connectivity index (χ0n) is 8.07. The first kappa shape index (κ1) is 11.4. The fraction of sp³-hybridized carbons (Fsp3) is 0. The van der Waals surface area contributed by atoms with Gasteiger partial charge in [0.1, 0.15) is 0 Å². The van der Waals surface area contributed by atoms with E-state index in [1.807, 2.05) is 30.3 Å². The summed E-state index contributed by atoms with van der Waals surface area (Å²) in [4.78, 5) is 12.4. The number of aromatic amines is 1. The van der Waals surface area contributed by atoms with E-state index >= 15 is 0 Å². The van der Waals surface area contributed by atoms with Crippen LogP contribution in [0.4, 0.5) is 5.95 Å². The van der Waals surface area contributed by atoms with Gasteiger partial charge in [0.15, 0.2) is 5.82 Å². The zero-order valence-corrected chi connectivity index (χ0v) is 8.07.